The molecular formula is C15H24N2O2. The summed E-state index contributed by atoms with van der Waals surface area (Å²) in [6.45, 7) is 12.2. The predicted molar refractivity (Wildman–Crippen MR) is 76.7 cm³/mol. The van der Waals surface area contributed by atoms with Crippen molar-refractivity contribution < 1.29 is 9.53 Å². The second kappa shape index (κ2) is 6.66. The Morgan fingerprint density at radius 2 is 1.89 bits per heavy atom. The number of pyridine rings is 1. The lowest BCUT2D eigenvalue weighted by atomic mass is 9.92. The molecule has 0 aliphatic heterocycles. The molecule has 0 atom stereocenters. The Morgan fingerprint density at radius 3 is 2.42 bits per heavy atom. The summed E-state index contributed by atoms with van der Waals surface area (Å²) in [4.78, 5) is 18.9. The number of ketones is 1. The minimum Gasteiger partial charge on any atom is -0.492 e. The first kappa shape index (κ1) is 15.6. The maximum absolute atomic E-state index is 12.6. The standard InChI is InChI=1S/C15H24N2O2/c1-6-17(7-2)15(4,5)14(18)12-9-13(19-8-3)11-16-10-12/h9-11H,6-8H2,1-5H3. The molecule has 106 valence electrons. The van der Waals surface area contributed by atoms with E-state index in [0.717, 1.165) is 13.1 Å². The number of hydrogen-bond donors (Lipinski definition) is 0. The van der Waals surface area contributed by atoms with Gasteiger partial charge in [-0.1, -0.05) is 13.8 Å². The summed E-state index contributed by atoms with van der Waals surface area (Å²) >= 11 is 0. The van der Waals surface area contributed by atoms with E-state index in [1.54, 1.807) is 18.5 Å². The molecule has 1 rings (SSSR count). The molecule has 0 spiro atoms. The zero-order valence-corrected chi connectivity index (χ0v) is 12.6. The Labute approximate surface area is 115 Å². The van der Waals surface area contributed by atoms with Crippen molar-refractivity contribution in [1.82, 2.24) is 9.88 Å². The van der Waals surface area contributed by atoms with Crippen molar-refractivity contribution in [3.8, 4) is 5.75 Å². The normalized spacial score (nSPS) is 11.7. The molecule has 0 bridgehead atoms. The summed E-state index contributed by atoms with van der Waals surface area (Å²) in [5, 5.41) is 0. The average Bonchev–Trinajstić information content (AvgIpc) is 2.39. The van der Waals surface area contributed by atoms with Gasteiger partial charge >= 0.3 is 0 Å². The molecule has 0 saturated carbocycles. The fourth-order valence-corrected chi connectivity index (χ4v) is 2.30. The number of aromatic nitrogens is 1. The number of nitrogens with zero attached hydrogens (tertiary/aromatic N) is 2. The van der Waals surface area contributed by atoms with Gasteiger partial charge in [-0.15, -0.1) is 0 Å². The molecule has 1 aromatic rings. The van der Waals surface area contributed by atoms with Gasteiger partial charge in [0.05, 0.1) is 18.3 Å². The van der Waals surface area contributed by atoms with Crippen LogP contribution in [0, 0.1) is 0 Å². The Kier molecular flexibility index (Phi) is 5.48. The molecule has 0 saturated heterocycles. The maximum atomic E-state index is 12.6. The second-order valence-corrected chi connectivity index (χ2v) is 4.90. The number of Topliss-reactive ketones (excluding diaryl/α,β-unsaturated/α-hetero) is 1. The van der Waals surface area contributed by atoms with Gasteiger partial charge in [0.25, 0.3) is 0 Å². The summed E-state index contributed by atoms with van der Waals surface area (Å²) in [7, 11) is 0. The van der Waals surface area contributed by atoms with Crippen molar-refractivity contribution in [2.45, 2.75) is 40.2 Å². The lowest BCUT2D eigenvalue weighted by Crippen LogP contribution is -2.49. The third-order valence-electron chi connectivity index (χ3n) is 3.40. The van der Waals surface area contributed by atoms with Gasteiger partial charge in [0.15, 0.2) is 5.78 Å². The molecule has 4 heteroatoms. The third kappa shape index (κ3) is 3.53. The van der Waals surface area contributed by atoms with Crippen LogP contribution in [0.25, 0.3) is 0 Å². The maximum Gasteiger partial charge on any atom is 0.184 e. The number of carbonyl (C=O) groups excluding carboxylic acids is 1. The first-order valence-electron chi connectivity index (χ1n) is 6.85. The molecule has 0 aromatic carbocycles. The molecule has 0 aliphatic carbocycles. The van der Waals surface area contributed by atoms with Gasteiger partial charge in [0.1, 0.15) is 5.75 Å². The smallest absolute Gasteiger partial charge is 0.184 e. The van der Waals surface area contributed by atoms with Gasteiger partial charge in [0, 0.05) is 11.8 Å². The van der Waals surface area contributed by atoms with E-state index in [9.17, 15) is 4.79 Å². The van der Waals surface area contributed by atoms with Crippen LogP contribution in [0.2, 0.25) is 0 Å². The summed E-state index contributed by atoms with van der Waals surface area (Å²) in [5.41, 5.74) is 0.0681. The van der Waals surface area contributed by atoms with Gasteiger partial charge in [-0.2, -0.15) is 0 Å². The molecule has 4 nitrogen and oxygen atoms in total. The lowest BCUT2D eigenvalue weighted by molar-refractivity contribution is 0.0668. The van der Waals surface area contributed by atoms with E-state index in [1.807, 2.05) is 20.8 Å². The number of likely N-dealkylation sites (N-methyl/N-ethyl adjacent to an activating group) is 1. The molecular weight excluding hydrogens is 240 g/mol. The molecule has 0 amide bonds. The summed E-state index contributed by atoms with van der Waals surface area (Å²) in [6, 6.07) is 1.77. The SMILES string of the molecule is CCOc1cncc(C(=O)C(C)(C)N(CC)CC)c1. The molecule has 1 aromatic heterocycles. The molecule has 0 fully saturated rings. The van der Waals surface area contributed by atoms with Crippen molar-refractivity contribution in [3.05, 3.63) is 24.0 Å². The fraction of sp³-hybridized carbons (Fsp3) is 0.600. The molecule has 1 heterocycles. The van der Waals surface area contributed by atoms with Crippen molar-refractivity contribution in [3.63, 3.8) is 0 Å². The second-order valence-electron chi connectivity index (χ2n) is 4.90. The molecule has 0 unspecified atom stereocenters. The Bertz CT molecular complexity index is 426. The average molecular weight is 264 g/mol. The minimum absolute atomic E-state index is 0.0743. The minimum atomic E-state index is -0.532. The van der Waals surface area contributed by atoms with Crippen molar-refractivity contribution in [1.29, 1.82) is 0 Å². The van der Waals surface area contributed by atoms with Gasteiger partial charge < -0.3 is 4.74 Å². The van der Waals surface area contributed by atoms with Crippen LogP contribution in [0.5, 0.6) is 5.75 Å². The summed E-state index contributed by atoms with van der Waals surface area (Å²) < 4.78 is 5.39. The largest absolute Gasteiger partial charge is 0.492 e. The highest BCUT2D eigenvalue weighted by atomic mass is 16.5. The first-order valence-corrected chi connectivity index (χ1v) is 6.85. The highest BCUT2D eigenvalue weighted by Crippen LogP contribution is 2.22. The van der Waals surface area contributed by atoms with Crippen LogP contribution in [-0.4, -0.2) is 40.9 Å². The van der Waals surface area contributed by atoms with E-state index in [4.69, 9.17) is 4.74 Å². The quantitative estimate of drug-likeness (QED) is 0.710. The Morgan fingerprint density at radius 1 is 1.26 bits per heavy atom. The van der Waals surface area contributed by atoms with Gasteiger partial charge in [0.2, 0.25) is 0 Å². The Hall–Kier alpha value is -1.42. The fourth-order valence-electron chi connectivity index (χ4n) is 2.30. The monoisotopic (exact) mass is 264 g/mol. The van der Waals surface area contributed by atoms with Crippen LogP contribution in [0.4, 0.5) is 0 Å². The molecule has 0 aliphatic rings. The lowest BCUT2D eigenvalue weighted by Gasteiger charge is -2.35. The summed E-state index contributed by atoms with van der Waals surface area (Å²) in [5.74, 6) is 0.717. The van der Waals surface area contributed by atoms with Gasteiger partial charge in [-0.3, -0.25) is 14.7 Å². The third-order valence-corrected chi connectivity index (χ3v) is 3.40. The van der Waals surface area contributed by atoms with E-state index in [2.05, 4.69) is 23.7 Å². The Balaban J connectivity index is 3.01. The van der Waals surface area contributed by atoms with E-state index < -0.39 is 5.54 Å². The highest BCUT2D eigenvalue weighted by molar-refractivity contribution is 6.02. The molecule has 0 radical (unpaired) electrons. The number of hydrogen-bond acceptors (Lipinski definition) is 4. The van der Waals surface area contributed by atoms with Crippen molar-refractivity contribution in [2.24, 2.45) is 0 Å². The molecule has 19 heavy (non-hydrogen) atoms. The number of rotatable bonds is 7. The van der Waals surface area contributed by atoms with E-state index in [0.29, 0.717) is 17.9 Å². The highest BCUT2D eigenvalue weighted by Gasteiger charge is 2.33. The topological polar surface area (TPSA) is 42.4 Å². The van der Waals surface area contributed by atoms with Crippen LogP contribution in [0.3, 0.4) is 0 Å². The molecule has 0 N–H and O–H groups in total. The first-order chi connectivity index (χ1) is 8.97. The number of carbonyl (C=O) groups is 1. The van der Waals surface area contributed by atoms with Crippen LogP contribution in [-0.2, 0) is 0 Å². The van der Waals surface area contributed by atoms with Crippen LogP contribution < -0.4 is 4.74 Å². The van der Waals surface area contributed by atoms with E-state index >= 15 is 0 Å². The van der Waals surface area contributed by atoms with Crippen LogP contribution in [0.15, 0.2) is 18.5 Å². The summed E-state index contributed by atoms with van der Waals surface area (Å²) in [6.07, 6.45) is 3.24. The zero-order chi connectivity index (χ0) is 14.5. The number of ether oxygens (including phenoxy) is 1. The van der Waals surface area contributed by atoms with E-state index in [-0.39, 0.29) is 5.78 Å². The zero-order valence-electron chi connectivity index (χ0n) is 12.6. The van der Waals surface area contributed by atoms with Crippen LogP contribution >= 0.6 is 0 Å². The van der Waals surface area contributed by atoms with Crippen molar-refractivity contribution >= 4 is 5.78 Å². The van der Waals surface area contributed by atoms with Crippen molar-refractivity contribution in [2.75, 3.05) is 19.7 Å². The van der Waals surface area contributed by atoms with E-state index in [1.165, 1.54) is 0 Å². The predicted octanol–water partition coefficient (Wildman–Crippen LogP) is 2.78. The van der Waals surface area contributed by atoms with Gasteiger partial charge in [-0.25, -0.2) is 0 Å². The van der Waals surface area contributed by atoms with Crippen LogP contribution in [0.1, 0.15) is 45.0 Å². The van der Waals surface area contributed by atoms with Gasteiger partial charge in [-0.05, 0) is 39.9 Å².